The van der Waals surface area contributed by atoms with E-state index in [9.17, 15) is 0 Å². The van der Waals surface area contributed by atoms with Crippen LogP contribution >= 0.6 is 23.2 Å². The maximum atomic E-state index is 6.12. The third-order valence-electron chi connectivity index (χ3n) is 3.13. The summed E-state index contributed by atoms with van der Waals surface area (Å²) in [5.74, 6) is 1.36. The fourth-order valence-electron chi connectivity index (χ4n) is 2.09. The van der Waals surface area contributed by atoms with Crippen LogP contribution in [-0.4, -0.2) is 40.5 Å². The van der Waals surface area contributed by atoms with E-state index in [2.05, 4.69) is 32.1 Å². The van der Waals surface area contributed by atoms with Crippen molar-refractivity contribution in [2.45, 2.75) is 33.1 Å². The van der Waals surface area contributed by atoms with Gasteiger partial charge in [0.05, 0.1) is 6.54 Å². The standard InChI is InChI=1S/C13H19Cl2N5/c1-3-4-5-7-20-8-6-16-13(20)19-10-11(14)17-9(2)18-12(10)15/h3-8H2,1-2H3,(H,16,19). The van der Waals surface area contributed by atoms with E-state index in [0.29, 0.717) is 21.8 Å². The lowest BCUT2D eigenvalue weighted by atomic mass is 10.2. The van der Waals surface area contributed by atoms with Crippen LogP contribution in [-0.2, 0) is 0 Å². The number of aromatic nitrogens is 2. The van der Waals surface area contributed by atoms with Crippen LogP contribution in [0, 0.1) is 6.92 Å². The predicted molar refractivity (Wildman–Crippen MR) is 83.8 cm³/mol. The summed E-state index contributed by atoms with van der Waals surface area (Å²) in [6.45, 7) is 6.65. The van der Waals surface area contributed by atoms with Crippen LogP contribution < -0.4 is 5.32 Å². The second-order valence-electron chi connectivity index (χ2n) is 4.75. The number of halogens is 2. The van der Waals surface area contributed by atoms with Gasteiger partial charge in [-0.1, -0.05) is 43.0 Å². The molecule has 1 aliphatic rings. The van der Waals surface area contributed by atoms with E-state index in [-0.39, 0.29) is 0 Å². The van der Waals surface area contributed by atoms with Crippen LogP contribution in [0.25, 0.3) is 0 Å². The van der Waals surface area contributed by atoms with Crippen molar-refractivity contribution < 1.29 is 0 Å². The Morgan fingerprint density at radius 3 is 2.55 bits per heavy atom. The Hall–Kier alpha value is -1.07. The van der Waals surface area contributed by atoms with Gasteiger partial charge in [-0.15, -0.1) is 0 Å². The summed E-state index contributed by atoms with van der Waals surface area (Å²) in [5.41, 5.74) is 0.528. The largest absolute Gasteiger partial charge is 0.341 e. The fraction of sp³-hybridized carbons (Fsp3) is 0.615. The molecule has 0 amide bonds. The summed E-state index contributed by atoms with van der Waals surface area (Å²) >= 11 is 12.2. The summed E-state index contributed by atoms with van der Waals surface area (Å²) in [5, 5.41) is 3.82. The van der Waals surface area contributed by atoms with Gasteiger partial charge in [0.1, 0.15) is 11.5 Å². The van der Waals surface area contributed by atoms with E-state index in [0.717, 1.165) is 32.0 Å². The molecule has 5 nitrogen and oxygen atoms in total. The third kappa shape index (κ3) is 3.73. The van der Waals surface area contributed by atoms with Gasteiger partial charge in [0, 0.05) is 13.1 Å². The van der Waals surface area contributed by atoms with Crippen molar-refractivity contribution >= 4 is 34.8 Å². The molecule has 1 aliphatic heterocycles. The summed E-state index contributed by atoms with van der Waals surface area (Å²) in [4.78, 5) is 14.9. The van der Waals surface area contributed by atoms with Crippen LogP contribution in [0.4, 0.5) is 5.69 Å². The van der Waals surface area contributed by atoms with Crippen molar-refractivity contribution in [2.75, 3.05) is 25.0 Å². The first-order chi connectivity index (χ1) is 9.61. The minimum atomic E-state index is 0.325. The average Bonchev–Trinajstić information content (AvgIpc) is 2.81. The van der Waals surface area contributed by atoms with Crippen LogP contribution in [0.5, 0.6) is 0 Å². The van der Waals surface area contributed by atoms with E-state index in [1.54, 1.807) is 6.92 Å². The molecule has 1 N–H and O–H groups in total. The maximum absolute atomic E-state index is 6.12. The molecule has 110 valence electrons. The van der Waals surface area contributed by atoms with E-state index in [1.165, 1.54) is 12.8 Å². The summed E-state index contributed by atoms with van der Waals surface area (Å²) in [6, 6.07) is 0. The highest BCUT2D eigenvalue weighted by Gasteiger charge is 2.19. The van der Waals surface area contributed by atoms with Gasteiger partial charge in [-0.05, 0) is 13.3 Å². The smallest absolute Gasteiger partial charge is 0.198 e. The molecule has 0 fully saturated rings. The first-order valence-corrected chi connectivity index (χ1v) is 7.63. The highest BCUT2D eigenvalue weighted by molar-refractivity contribution is 6.38. The Kier molecular flexibility index (Phi) is 5.43. The van der Waals surface area contributed by atoms with Gasteiger partial charge >= 0.3 is 0 Å². The molecule has 0 unspecified atom stereocenters. The number of aliphatic imine (C=N–C) groups is 1. The van der Waals surface area contributed by atoms with Crippen LogP contribution in [0.3, 0.4) is 0 Å². The molecule has 2 rings (SSSR count). The third-order valence-corrected chi connectivity index (χ3v) is 3.68. The molecular weight excluding hydrogens is 297 g/mol. The summed E-state index contributed by atoms with van der Waals surface area (Å²) in [6.07, 6.45) is 3.58. The van der Waals surface area contributed by atoms with E-state index < -0.39 is 0 Å². The number of hydrogen-bond donors (Lipinski definition) is 1. The quantitative estimate of drug-likeness (QED) is 0.668. The van der Waals surface area contributed by atoms with Gasteiger partial charge in [-0.25, -0.2) is 9.97 Å². The van der Waals surface area contributed by atoms with Crippen LogP contribution in [0.1, 0.15) is 32.0 Å². The lowest BCUT2D eigenvalue weighted by molar-refractivity contribution is 0.436. The first kappa shape index (κ1) is 15.3. The lowest BCUT2D eigenvalue weighted by Crippen LogP contribution is -2.34. The zero-order chi connectivity index (χ0) is 14.5. The fourth-order valence-corrected chi connectivity index (χ4v) is 2.66. The molecule has 0 aromatic carbocycles. The number of guanidine groups is 1. The number of rotatable bonds is 5. The minimum absolute atomic E-state index is 0.325. The number of unbranched alkanes of at least 4 members (excludes halogenated alkanes) is 2. The van der Waals surface area contributed by atoms with Gasteiger partial charge in [0.2, 0.25) is 0 Å². The Morgan fingerprint density at radius 2 is 1.90 bits per heavy atom. The topological polar surface area (TPSA) is 53.4 Å². The van der Waals surface area contributed by atoms with E-state index >= 15 is 0 Å². The monoisotopic (exact) mass is 315 g/mol. The van der Waals surface area contributed by atoms with Crippen LogP contribution in [0.15, 0.2) is 4.99 Å². The Bertz CT molecular complexity index is 481. The number of hydrogen-bond acceptors (Lipinski definition) is 5. The number of anilines is 1. The summed E-state index contributed by atoms with van der Waals surface area (Å²) < 4.78 is 0. The second-order valence-corrected chi connectivity index (χ2v) is 5.47. The SMILES string of the molecule is CCCCCN1CCN=C1Nc1c(Cl)nc(C)nc1Cl. The molecule has 0 aliphatic carbocycles. The molecule has 0 saturated heterocycles. The van der Waals surface area contributed by atoms with Crippen LogP contribution in [0.2, 0.25) is 10.3 Å². The van der Waals surface area contributed by atoms with E-state index in [4.69, 9.17) is 23.2 Å². The molecule has 2 heterocycles. The van der Waals surface area contributed by atoms with Gasteiger partial charge in [0.25, 0.3) is 0 Å². The van der Waals surface area contributed by atoms with Crippen molar-refractivity contribution in [3.05, 3.63) is 16.1 Å². The van der Waals surface area contributed by atoms with Gasteiger partial charge in [0.15, 0.2) is 16.3 Å². The van der Waals surface area contributed by atoms with E-state index in [1.807, 2.05) is 0 Å². The highest BCUT2D eigenvalue weighted by Crippen LogP contribution is 2.27. The normalized spacial score (nSPS) is 14.6. The minimum Gasteiger partial charge on any atom is -0.341 e. The number of aryl methyl sites for hydroxylation is 1. The van der Waals surface area contributed by atoms with Crippen molar-refractivity contribution in [3.63, 3.8) is 0 Å². The van der Waals surface area contributed by atoms with Gasteiger partial charge in [-0.2, -0.15) is 0 Å². The molecule has 7 heteroatoms. The highest BCUT2D eigenvalue weighted by atomic mass is 35.5. The van der Waals surface area contributed by atoms with Crippen molar-refractivity contribution in [2.24, 2.45) is 4.99 Å². The number of nitrogens with one attached hydrogen (secondary N) is 1. The Labute approximate surface area is 129 Å². The molecule has 0 atom stereocenters. The zero-order valence-electron chi connectivity index (χ0n) is 11.8. The first-order valence-electron chi connectivity index (χ1n) is 6.88. The molecule has 20 heavy (non-hydrogen) atoms. The molecule has 1 aromatic rings. The molecule has 0 spiro atoms. The molecular formula is C13H19Cl2N5. The average molecular weight is 316 g/mol. The van der Waals surface area contributed by atoms with Gasteiger partial charge in [-0.3, -0.25) is 4.99 Å². The summed E-state index contributed by atoms with van der Waals surface area (Å²) in [7, 11) is 0. The lowest BCUT2D eigenvalue weighted by Gasteiger charge is -2.21. The van der Waals surface area contributed by atoms with Crippen molar-refractivity contribution in [3.8, 4) is 0 Å². The molecule has 1 aromatic heterocycles. The van der Waals surface area contributed by atoms with Crippen molar-refractivity contribution in [1.82, 2.24) is 14.9 Å². The molecule has 0 radical (unpaired) electrons. The maximum Gasteiger partial charge on any atom is 0.198 e. The second kappa shape index (κ2) is 7.09. The van der Waals surface area contributed by atoms with Gasteiger partial charge < -0.3 is 10.2 Å². The molecule has 0 bridgehead atoms. The number of nitrogens with zero attached hydrogens (tertiary/aromatic N) is 4. The Morgan fingerprint density at radius 1 is 1.20 bits per heavy atom. The van der Waals surface area contributed by atoms with Crippen molar-refractivity contribution in [1.29, 1.82) is 0 Å². The predicted octanol–water partition coefficient (Wildman–Crippen LogP) is 3.37. The molecule has 0 saturated carbocycles. The zero-order valence-corrected chi connectivity index (χ0v) is 13.3. The Balaban J connectivity index is 2.05.